The molecule has 0 aliphatic carbocycles. The van der Waals surface area contributed by atoms with Crippen LogP contribution in [0.15, 0.2) is 12.1 Å². The number of nitrogens with two attached hydrogens (primary N) is 1. The molecule has 1 aromatic carbocycles. The second-order valence-corrected chi connectivity index (χ2v) is 3.51. The van der Waals surface area contributed by atoms with E-state index in [-0.39, 0.29) is 6.17 Å². The van der Waals surface area contributed by atoms with E-state index >= 15 is 0 Å². The lowest BCUT2D eigenvalue weighted by molar-refractivity contribution is 0.414. The average Bonchev–Trinajstić information content (AvgIpc) is 2.21. The average molecular weight is 235 g/mol. The van der Waals surface area contributed by atoms with Gasteiger partial charge in [0.2, 0.25) is 0 Å². The molecule has 14 heavy (non-hydrogen) atoms. The molecule has 0 fully saturated rings. The van der Waals surface area contributed by atoms with Crippen molar-refractivity contribution in [3.8, 4) is 5.75 Å². The number of ether oxygens (including phenoxy) is 1. The lowest BCUT2D eigenvalue weighted by Gasteiger charge is -2.14. The Hall–Kier alpha value is -0.480. The number of benzene rings is 1. The molecule has 0 bridgehead atoms. The monoisotopic (exact) mass is 234 g/mol. The molecule has 0 aliphatic heterocycles. The number of hydrogen-bond donors (Lipinski definition) is 2. The van der Waals surface area contributed by atoms with Crippen molar-refractivity contribution in [3.63, 3.8) is 0 Å². The summed E-state index contributed by atoms with van der Waals surface area (Å²) in [4.78, 5) is 0. The maximum atomic E-state index is 6.02. The molecule has 0 spiro atoms. The van der Waals surface area contributed by atoms with Gasteiger partial charge in [0.05, 0.1) is 18.3 Å². The van der Waals surface area contributed by atoms with Crippen molar-refractivity contribution in [2.45, 2.75) is 6.17 Å². The Balaban J connectivity index is 3.17. The first-order valence-corrected chi connectivity index (χ1v) is 4.82. The molecule has 0 radical (unpaired) electrons. The molecule has 0 aliphatic rings. The van der Waals surface area contributed by atoms with Crippen LogP contribution in [-0.4, -0.2) is 14.2 Å². The van der Waals surface area contributed by atoms with E-state index < -0.39 is 0 Å². The van der Waals surface area contributed by atoms with Crippen LogP contribution in [0.25, 0.3) is 0 Å². The zero-order valence-corrected chi connectivity index (χ0v) is 9.49. The predicted octanol–water partition coefficient (Wildman–Crippen LogP) is 2.18. The van der Waals surface area contributed by atoms with Gasteiger partial charge in [0.15, 0.2) is 0 Å². The standard InChI is InChI=1S/C9H12Cl2N2O/c1-13-9(12)5-3-4-6(14-2)8(11)7(5)10/h3-4,9,13H,12H2,1-2H3. The van der Waals surface area contributed by atoms with Crippen LogP contribution >= 0.6 is 23.2 Å². The minimum atomic E-state index is -0.328. The normalized spacial score (nSPS) is 12.6. The molecule has 0 saturated heterocycles. The van der Waals surface area contributed by atoms with Crippen molar-refractivity contribution >= 4 is 23.2 Å². The molecule has 1 atom stereocenters. The van der Waals surface area contributed by atoms with Crippen molar-refractivity contribution < 1.29 is 4.74 Å². The highest BCUT2D eigenvalue weighted by Crippen LogP contribution is 2.35. The van der Waals surface area contributed by atoms with Gasteiger partial charge in [-0.15, -0.1) is 0 Å². The van der Waals surface area contributed by atoms with Crippen LogP contribution in [0.2, 0.25) is 10.0 Å². The van der Waals surface area contributed by atoms with E-state index in [9.17, 15) is 0 Å². The summed E-state index contributed by atoms with van der Waals surface area (Å²) in [6, 6.07) is 3.52. The number of halogens is 2. The molecule has 3 nitrogen and oxygen atoms in total. The third-order valence-electron chi connectivity index (χ3n) is 1.94. The second-order valence-electron chi connectivity index (χ2n) is 2.75. The van der Waals surface area contributed by atoms with Crippen LogP contribution in [0.3, 0.4) is 0 Å². The zero-order chi connectivity index (χ0) is 10.7. The van der Waals surface area contributed by atoms with Crippen molar-refractivity contribution in [2.24, 2.45) is 5.73 Å². The highest BCUT2D eigenvalue weighted by molar-refractivity contribution is 6.43. The largest absolute Gasteiger partial charge is 0.495 e. The zero-order valence-electron chi connectivity index (χ0n) is 7.97. The first kappa shape index (κ1) is 11.6. The van der Waals surface area contributed by atoms with Crippen LogP contribution in [0.4, 0.5) is 0 Å². The number of methoxy groups -OCH3 is 1. The molecular formula is C9H12Cl2N2O. The van der Waals surface area contributed by atoms with Gasteiger partial charge in [0.1, 0.15) is 10.8 Å². The predicted molar refractivity (Wildman–Crippen MR) is 59.0 cm³/mol. The van der Waals surface area contributed by atoms with Gasteiger partial charge in [0, 0.05) is 5.56 Å². The van der Waals surface area contributed by atoms with Gasteiger partial charge < -0.3 is 15.8 Å². The smallest absolute Gasteiger partial charge is 0.139 e. The van der Waals surface area contributed by atoms with Gasteiger partial charge in [-0.25, -0.2) is 0 Å². The van der Waals surface area contributed by atoms with Gasteiger partial charge >= 0.3 is 0 Å². The first-order chi connectivity index (χ1) is 6.61. The number of nitrogens with one attached hydrogen (secondary N) is 1. The molecule has 5 heteroatoms. The first-order valence-electron chi connectivity index (χ1n) is 4.06. The summed E-state index contributed by atoms with van der Waals surface area (Å²) >= 11 is 12.0. The van der Waals surface area contributed by atoms with Crippen molar-refractivity contribution in [1.29, 1.82) is 0 Å². The van der Waals surface area contributed by atoms with E-state index in [2.05, 4.69) is 5.32 Å². The van der Waals surface area contributed by atoms with Gasteiger partial charge in [-0.05, 0) is 13.1 Å². The third kappa shape index (κ3) is 2.12. The van der Waals surface area contributed by atoms with Crippen molar-refractivity contribution in [2.75, 3.05) is 14.2 Å². The summed E-state index contributed by atoms with van der Waals surface area (Å²) < 4.78 is 5.02. The van der Waals surface area contributed by atoms with Crippen molar-refractivity contribution in [3.05, 3.63) is 27.7 Å². The van der Waals surface area contributed by atoms with Gasteiger partial charge in [-0.3, -0.25) is 0 Å². The maximum absolute atomic E-state index is 6.02. The van der Waals surface area contributed by atoms with Crippen LogP contribution in [0.1, 0.15) is 11.7 Å². The Morgan fingerprint density at radius 1 is 1.36 bits per heavy atom. The maximum Gasteiger partial charge on any atom is 0.139 e. The van der Waals surface area contributed by atoms with E-state index in [1.165, 1.54) is 7.11 Å². The topological polar surface area (TPSA) is 47.3 Å². The lowest BCUT2D eigenvalue weighted by Crippen LogP contribution is -2.25. The molecular weight excluding hydrogens is 223 g/mol. The molecule has 0 amide bonds. The fraction of sp³-hybridized carbons (Fsp3) is 0.333. The third-order valence-corrected chi connectivity index (χ3v) is 2.82. The van der Waals surface area contributed by atoms with E-state index in [4.69, 9.17) is 33.7 Å². The number of rotatable bonds is 3. The quantitative estimate of drug-likeness (QED) is 0.789. The summed E-state index contributed by atoms with van der Waals surface area (Å²) in [6.07, 6.45) is -0.328. The van der Waals surface area contributed by atoms with Gasteiger partial charge in [0.25, 0.3) is 0 Å². The highest BCUT2D eigenvalue weighted by atomic mass is 35.5. The number of hydrogen-bond acceptors (Lipinski definition) is 3. The second kappa shape index (κ2) is 4.84. The van der Waals surface area contributed by atoms with Crippen LogP contribution < -0.4 is 15.8 Å². The van der Waals surface area contributed by atoms with Crippen LogP contribution in [0, 0.1) is 0 Å². The molecule has 78 valence electrons. The molecule has 3 N–H and O–H groups in total. The Labute approximate surface area is 93.1 Å². The lowest BCUT2D eigenvalue weighted by atomic mass is 10.1. The van der Waals surface area contributed by atoms with Crippen LogP contribution in [-0.2, 0) is 0 Å². The fourth-order valence-electron chi connectivity index (χ4n) is 1.10. The summed E-state index contributed by atoms with van der Waals surface area (Å²) in [6.45, 7) is 0. The van der Waals surface area contributed by atoms with E-state index in [0.29, 0.717) is 15.8 Å². The summed E-state index contributed by atoms with van der Waals surface area (Å²) in [5.74, 6) is 0.545. The summed E-state index contributed by atoms with van der Waals surface area (Å²) in [5.41, 5.74) is 6.51. The van der Waals surface area contributed by atoms with Crippen molar-refractivity contribution in [1.82, 2.24) is 5.32 Å². The molecule has 1 unspecified atom stereocenters. The highest BCUT2D eigenvalue weighted by Gasteiger charge is 2.14. The van der Waals surface area contributed by atoms with E-state index in [1.54, 1.807) is 19.2 Å². The van der Waals surface area contributed by atoms with Gasteiger partial charge in [-0.2, -0.15) is 0 Å². The Morgan fingerprint density at radius 2 is 2.00 bits per heavy atom. The Bertz CT molecular complexity index is 331. The van der Waals surface area contributed by atoms with E-state index in [1.807, 2.05) is 0 Å². The molecule has 0 aromatic heterocycles. The fourth-order valence-corrected chi connectivity index (χ4v) is 1.62. The van der Waals surface area contributed by atoms with Gasteiger partial charge in [-0.1, -0.05) is 29.3 Å². The van der Waals surface area contributed by atoms with E-state index in [0.717, 1.165) is 5.56 Å². The minimum absolute atomic E-state index is 0.328. The molecule has 1 rings (SSSR count). The van der Waals surface area contributed by atoms with Crippen LogP contribution in [0.5, 0.6) is 5.75 Å². The molecule has 0 saturated carbocycles. The molecule has 1 aromatic rings. The SMILES string of the molecule is CNC(N)c1ccc(OC)c(Cl)c1Cl. The summed E-state index contributed by atoms with van der Waals surface area (Å²) in [7, 11) is 3.29. The minimum Gasteiger partial charge on any atom is -0.495 e. The Morgan fingerprint density at radius 3 is 2.50 bits per heavy atom. The molecule has 0 heterocycles. The Kier molecular flexibility index (Phi) is 4.01. The summed E-state index contributed by atoms with van der Waals surface area (Å²) in [5, 5.41) is 3.69.